The molecule has 15 heavy (non-hydrogen) atoms. The predicted molar refractivity (Wildman–Crippen MR) is 52.9 cm³/mol. The van der Waals surface area contributed by atoms with Crippen molar-refractivity contribution in [1.82, 2.24) is 0 Å². The van der Waals surface area contributed by atoms with E-state index in [1.807, 2.05) is 0 Å². The molecule has 0 aliphatic heterocycles. The Morgan fingerprint density at radius 3 is 2.87 bits per heavy atom. The molecule has 4 nitrogen and oxygen atoms in total. The van der Waals surface area contributed by atoms with Gasteiger partial charge in [-0.3, -0.25) is 4.79 Å². The van der Waals surface area contributed by atoms with Gasteiger partial charge in [0.2, 0.25) is 0 Å². The van der Waals surface area contributed by atoms with Crippen LogP contribution in [0.4, 0.5) is 0 Å². The molecule has 0 amide bonds. The van der Waals surface area contributed by atoms with E-state index in [0.29, 0.717) is 5.56 Å². The van der Waals surface area contributed by atoms with Gasteiger partial charge in [0.1, 0.15) is 5.75 Å². The van der Waals surface area contributed by atoms with Crippen LogP contribution in [0, 0.1) is 11.3 Å². The van der Waals surface area contributed by atoms with Crippen LogP contribution >= 0.6 is 0 Å². The van der Waals surface area contributed by atoms with Gasteiger partial charge in [-0.2, -0.15) is 5.26 Å². The SMILES string of the molecule is CCC(=O)Oc1ccccc1C(O)C#N. The van der Waals surface area contributed by atoms with E-state index in [1.54, 1.807) is 37.3 Å². The van der Waals surface area contributed by atoms with Crippen molar-refractivity contribution in [2.24, 2.45) is 0 Å². The lowest BCUT2D eigenvalue weighted by Crippen LogP contribution is -2.08. The molecule has 0 fully saturated rings. The van der Waals surface area contributed by atoms with Crippen LogP contribution in [0.25, 0.3) is 0 Å². The Bertz CT molecular complexity index is 395. The summed E-state index contributed by atoms with van der Waals surface area (Å²) >= 11 is 0. The summed E-state index contributed by atoms with van der Waals surface area (Å²) in [5.41, 5.74) is 0.307. The van der Waals surface area contributed by atoms with Crippen LogP contribution in [0.2, 0.25) is 0 Å². The van der Waals surface area contributed by atoms with E-state index in [1.165, 1.54) is 0 Å². The Kier molecular flexibility index (Phi) is 3.83. The van der Waals surface area contributed by atoms with Crippen LogP contribution in [-0.4, -0.2) is 11.1 Å². The molecule has 1 rings (SSSR count). The number of nitrogens with zero attached hydrogens (tertiary/aromatic N) is 1. The van der Waals surface area contributed by atoms with E-state index in [0.717, 1.165) is 0 Å². The largest absolute Gasteiger partial charge is 0.426 e. The summed E-state index contributed by atoms with van der Waals surface area (Å²) < 4.78 is 4.97. The molecule has 4 heteroatoms. The Hall–Kier alpha value is -1.86. The maximum atomic E-state index is 11.1. The number of rotatable bonds is 3. The third-order valence-corrected chi connectivity index (χ3v) is 1.85. The van der Waals surface area contributed by atoms with Crippen molar-refractivity contribution in [2.75, 3.05) is 0 Å². The van der Waals surface area contributed by atoms with Crippen molar-refractivity contribution in [1.29, 1.82) is 5.26 Å². The molecular weight excluding hydrogens is 194 g/mol. The smallest absolute Gasteiger partial charge is 0.310 e. The Labute approximate surface area is 87.7 Å². The van der Waals surface area contributed by atoms with Crippen molar-refractivity contribution in [3.63, 3.8) is 0 Å². The van der Waals surface area contributed by atoms with Gasteiger partial charge < -0.3 is 9.84 Å². The number of esters is 1. The number of ether oxygens (including phenoxy) is 1. The maximum Gasteiger partial charge on any atom is 0.310 e. The Balaban J connectivity index is 2.97. The average molecular weight is 205 g/mol. The number of hydrogen-bond donors (Lipinski definition) is 1. The van der Waals surface area contributed by atoms with E-state index in [4.69, 9.17) is 10.00 Å². The summed E-state index contributed by atoms with van der Waals surface area (Å²) in [6, 6.07) is 8.11. The van der Waals surface area contributed by atoms with E-state index in [-0.39, 0.29) is 12.2 Å². The van der Waals surface area contributed by atoms with Crippen LogP contribution in [0.1, 0.15) is 25.0 Å². The molecule has 1 N–H and O–H groups in total. The molecule has 0 aromatic heterocycles. The highest BCUT2D eigenvalue weighted by molar-refractivity contribution is 5.72. The summed E-state index contributed by atoms with van der Waals surface area (Å²) in [6.07, 6.45) is -1.03. The summed E-state index contributed by atoms with van der Waals surface area (Å²) in [6.45, 7) is 1.67. The van der Waals surface area contributed by atoms with Crippen molar-refractivity contribution in [2.45, 2.75) is 19.4 Å². The van der Waals surface area contributed by atoms with Gasteiger partial charge in [-0.05, 0) is 6.07 Å². The van der Waals surface area contributed by atoms with E-state index < -0.39 is 12.1 Å². The average Bonchev–Trinajstić information content (AvgIpc) is 2.28. The molecule has 1 atom stereocenters. The summed E-state index contributed by atoms with van der Waals surface area (Å²) in [4.78, 5) is 11.1. The number of hydrogen-bond acceptors (Lipinski definition) is 4. The molecule has 1 unspecified atom stereocenters. The number of para-hydroxylation sites is 1. The second kappa shape index (κ2) is 5.13. The van der Waals surface area contributed by atoms with Gasteiger partial charge in [-0.15, -0.1) is 0 Å². The lowest BCUT2D eigenvalue weighted by atomic mass is 10.1. The van der Waals surface area contributed by atoms with Crippen LogP contribution in [0.3, 0.4) is 0 Å². The Morgan fingerprint density at radius 2 is 2.27 bits per heavy atom. The first-order valence-corrected chi connectivity index (χ1v) is 4.56. The molecular formula is C11H11NO3. The standard InChI is InChI=1S/C11H11NO3/c1-2-11(14)15-10-6-4-3-5-8(10)9(13)7-12/h3-6,9,13H,2H2,1H3. The van der Waals surface area contributed by atoms with Gasteiger partial charge in [-0.1, -0.05) is 25.1 Å². The van der Waals surface area contributed by atoms with Gasteiger partial charge in [0.25, 0.3) is 0 Å². The summed E-state index contributed by atoms with van der Waals surface area (Å²) in [7, 11) is 0. The second-order valence-corrected chi connectivity index (χ2v) is 2.90. The van der Waals surface area contributed by atoms with Gasteiger partial charge in [-0.25, -0.2) is 0 Å². The normalized spacial score (nSPS) is 11.5. The van der Waals surface area contributed by atoms with E-state index >= 15 is 0 Å². The third-order valence-electron chi connectivity index (χ3n) is 1.85. The molecule has 0 radical (unpaired) electrons. The maximum absolute atomic E-state index is 11.1. The first-order valence-electron chi connectivity index (χ1n) is 4.56. The second-order valence-electron chi connectivity index (χ2n) is 2.90. The van der Waals surface area contributed by atoms with Gasteiger partial charge in [0.15, 0.2) is 6.10 Å². The van der Waals surface area contributed by atoms with Gasteiger partial charge >= 0.3 is 5.97 Å². The molecule has 0 saturated heterocycles. The summed E-state index contributed by atoms with van der Waals surface area (Å²) in [5, 5.41) is 17.9. The first kappa shape index (κ1) is 11.2. The fourth-order valence-corrected chi connectivity index (χ4v) is 1.06. The zero-order valence-electron chi connectivity index (χ0n) is 8.30. The van der Waals surface area contributed by atoms with Crippen LogP contribution in [0.15, 0.2) is 24.3 Å². The van der Waals surface area contributed by atoms with Crippen molar-refractivity contribution in [3.05, 3.63) is 29.8 Å². The molecule has 1 aromatic rings. The monoisotopic (exact) mass is 205 g/mol. The third kappa shape index (κ3) is 2.79. The quantitative estimate of drug-likeness (QED) is 0.462. The van der Waals surface area contributed by atoms with E-state index in [9.17, 15) is 9.90 Å². The number of benzene rings is 1. The fraction of sp³-hybridized carbons (Fsp3) is 0.273. The lowest BCUT2D eigenvalue weighted by molar-refractivity contribution is -0.134. The van der Waals surface area contributed by atoms with Crippen LogP contribution in [-0.2, 0) is 4.79 Å². The van der Waals surface area contributed by atoms with Crippen molar-refractivity contribution in [3.8, 4) is 11.8 Å². The minimum Gasteiger partial charge on any atom is -0.426 e. The molecule has 0 spiro atoms. The number of aliphatic hydroxyl groups is 1. The predicted octanol–water partition coefficient (Wildman–Crippen LogP) is 1.56. The number of aliphatic hydroxyl groups excluding tert-OH is 1. The molecule has 1 aromatic carbocycles. The molecule has 0 bridgehead atoms. The van der Waals surface area contributed by atoms with Crippen LogP contribution in [0.5, 0.6) is 5.75 Å². The first-order chi connectivity index (χ1) is 7.19. The Morgan fingerprint density at radius 1 is 1.60 bits per heavy atom. The van der Waals surface area contributed by atoms with Crippen LogP contribution < -0.4 is 4.74 Å². The van der Waals surface area contributed by atoms with E-state index in [2.05, 4.69) is 0 Å². The fourth-order valence-electron chi connectivity index (χ4n) is 1.06. The zero-order chi connectivity index (χ0) is 11.3. The molecule has 0 heterocycles. The van der Waals surface area contributed by atoms with Gasteiger partial charge in [0, 0.05) is 12.0 Å². The minimum atomic E-state index is -1.27. The van der Waals surface area contributed by atoms with Crippen molar-refractivity contribution >= 4 is 5.97 Å². The topological polar surface area (TPSA) is 70.3 Å². The zero-order valence-corrected chi connectivity index (χ0v) is 8.30. The highest BCUT2D eigenvalue weighted by atomic mass is 16.5. The van der Waals surface area contributed by atoms with Gasteiger partial charge in [0.05, 0.1) is 6.07 Å². The summed E-state index contributed by atoms with van der Waals surface area (Å²) in [5.74, 6) is -0.161. The highest BCUT2D eigenvalue weighted by Crippen LogP contribution is 2.24. The molecule has 0 aliphatic carbocycles. The minimum absolute atomic E-state index is 0.235. The number of nitriles is 1. The number of carbonyl (C=O) groups excluding carboxylic acids is 1. The highest BCUT2D eigenvalue weighted by Gasteiger charge is 2.13. The lowest BCUT2D eigenvalue weighted by Gasteiger charge is -2.09. The molecule has 78 valence electrons. The van der Waals surface area contributed by atoms with Crippen molar-refractivity contribution < 1.29 is 14.6 Å². The molecule has 0 saturated carbocycles. The molecule has 0 aliphatic rings. The number of carbonyl (C=O) groups is 1.